The minimum Gasteiger partial charge on any atom is -0.454 e. The van der Waals surface area contributed by atoms with Crippen molar-refractivity contribution in [2.45, 2.75) is 25.8 Å². The normalized spacial score (nSPS) is 16.4. The maximum absolute atomic E-state index is 13.5. The Bertz CT molecular complexity index is 1240. The quantitative estimate of drug-likeness (QED) is 0.508. The lowest BCUT2D eigenvalue weighted by Gasteiger charge is -2.28. The largest absolute Gasteiger partial charge is 0.454 e. The number of aliphatic hydroxyl groups is 1. The van der Waals surface area contributed by atoms with Crippen molar-refractivity contribution in [1.82, 2.24) is 14.8 Å². The number of ether oxygens (including phenoxy) is 2. The van der Waals surface area contributed by atoms with E-state index in [2.05, 4.69) is 20.7 Å². The summed E-state index contributed by atoms with van der Waals surface area (Å²) in [6, 6.07) is 12.0. The van der Waals surface area contributed by atoms with Crippen molar-refractivity contribution in [3.05, 3.63) is 70.1 Å². The molecule has 0 saturated heterocycles. The summed E-state index contributed by atoms with van der Waals surface area (Å²) in [5.74, 6) is 2.12. The number of carbonyl (C=O) groups is 1. The Morgan fingerprint density at radius 3 is 2.82 bits per heavy atom. The van der Waals surface area contributed by atoms with Crippen molar-refractivity contribution in [1.29, 1.82) is 0 Å². The summed E-state index contributed by atoms with van der Waals surface area (Å²) < 4.78 is 12.7. The van der Waals surface area contributed by atoms with E-state index < -0.39 is 6.04 Å². The number of hydrogen-bond acceptors (Lipinski definition) is 7. The number of rotatable bonds is 6. The van der Waals surface area contributed by atoms with Gasteiger partial charge in [-0.25, -0.2) is 4.68 Å². The van der Waals surface area contributed by atoms with Crippen LogP contribution in [0.25, 0.3) is 0 Å². The van der Waals surface area contributed by atoms with Crippen molar-refractivity contribution in [3.8, 4) is 11.5 Å². The molecular formula is C23H22ClN5O4. The molecule has 10 heteroatoms. The molecule has 5 rings (SSSR count). The van der Waals surface area contributed by atoms with E-state index in [4.69, 9.17) is 21.1 Å². The highest BCUT2D eigenvalue weighted by molar-refractivity contribution is 6.30. The van der Waals surface area contributed by atoms with Gasteiger partial charge in [0.05, 0.1) is 5.57 Å². The van der Waals surface area contributed by atoms with E-state index in [-0.39, 0.29) is 19.3 Å². The molecule has 0 saturated carbocycles. The lowest BCUT2D eigenvalue weighted by atomic mass is 9.94. The fourth-order valence-corrected chi connectivity index (χ4v) is 4.08. The molecule has 0 unspecified atom stereocenters. The monoisotopic (exact) mass is 467 g/mol. The van der Waals surface area contributed by atoms with Gasteiger partial charge in [0.1, 0.15) is 6.04 Å². The number of benzene rings is 2. The second-order valence-corrected chi connectivity index (χ2v) is 8.20. The number of nitrogens with zero attached hydrogens (tertiary/aromatic N) is 3. The van der Waals surface area contributed by atoms with E-state index in [1.54, 1.807) is 28.9 Å². The van der Waals surface area contributed by atoms with E-state index in [1.807, 2.05) is 25.1 Å². The molecule has 2 aliphatic rings. The smallest absolute Gasteiger partial charge is 0.255 e. The molecule has 0 bridgehead atoms. The van der Waals surface area contributed by atoms with Gasteiger partial charge in [0, 0.05) is 29.4 Å². The molecule has 2 aromatic carbocycles. The molecule has 0 spiro atoms. The standard InChI is InChI=1S/C23H22ClN5O4/c1-13-20(22(31)26-16-7-5-15(24)6-8-16)21(14-4-9-17-18(11-14)33-12-32-17)29-23(25-13)27-19(28-29)3-2-10-30/h4-9,11,21,30H,2-3,10,12H2,1H3,(H,26,31)(H,25,27,28)/t21-/m1/s1. The van der Waals surface area contributed by atoms with Crippen LogP contribution in [0.3, 0.4) is 0 Å². The van der Waals surface area contributed by atoms with Gasteiger partial charge in [0.25, 0.3) is 5.91 Å². The molecule has 3 aromatic rings. The molecule has 3 N–H and O–H groups in total. The van der Waals surface area contributed by atoms with Gasteiger partial charge in [0.2, 0.25) is 12.7 Å². The summed E-state index contributed by atoms with van der Waals surface area (Å²) >= 11 is 5.98. The van der Waals surface area contributed by atoms with Gasteiger partial charge in [-0.1, -0.05) is 17.7 Å². The number of aryl methyl sites for hydroxylation is 1. The van der Waals surface area contributed by atoms with Gasteiger partial charge in [-0.05, 0) is 55.3 Å². The van der Waals surface area contributed by atoms with Crippen LogP contribution in [0.1, 0.15) is 30.8 Å². The van der Waals surface area contributed by atoms with Gasteiger partial charge in [-0.15, -0.1) is 0 Å². The third-order valence-corrected chi connectivity index (χ3v) is 5.77. The Hall–Kier alpha value is -3.56. The molecule has 9 nitrogen and oxygen atoms in total. The summed E-state index contributed by atoms with van der Waals surface area (Å²) in [5.41, 5.74) is 2.59. The SMILES string of the molecule is CC1=C(C(=O)Nc2ccc(Cl)cc2)[C@@H](c2ccc3c(c2)OCO3)n2nc(CCCO)nc2N1. The van der Waals surface area contributed by atoms with Crippen LogP contribution in [0.5, 0.6) is 11.5 Å². The molecule has 0 fully saturated rings. The molecule has 0 radical (unpaired) electrons. The fraction of sp³-hybridized carbons (Fsp3) is 0.261. The van der Waals surface area contributed by atoms with Crippen LogP contribution >= 0.6 is 11.6 Å². The number of amides is 1. The minimum atomic E-state index is -0.543. The highest BCUT2D eigenvalue weighted by atomic mass is 35.5. The molecule has 1 amide bonds. The Labute approximate surface area is 195 Å². The molecule has 0 aliphatic carbocycles. The van der Waals surface area contributed by atoms with Gasteiger partial charge in [0.15, 0.2) is 17.3 Å². The number of anilines is 2. The summed E-state index contributed by atoms with van der Waals surface area (Å²) in [4.78, 5) is 18.0. The third kappa shape index (κ3) is 4.12. The van der Waals surface area contributed by atoms with Crippen molar-refractivity contribution in [2.24, 2.45) is 0 Å². The zero-order valence-corrected chi connectivity index (χ0v) is 18.6. The second-order valence-electron chi connectivity index (χ2n) is 7.76. The van der Waals surface area contributed by atoms with E-state index in [0.29, 0.717) is 58.1 Å². The Kier molecular flexibility index (Phi) is 5.65. The van der Waals surface area contributed by atoms with Crippen LogP contribution in [0.2, 0.25) is 5.02 Å². The summed E-state index contributed by atoms with van der Waals surface area (Å²) in [5, 5.41) is 20.6. The lowest BCUT2D eigenvalue weighted by molar-refractivity contribution is -0.113. The number of aromatic nitrogens is 3. The maximum Gasteiger partial charge on any atom is 0.255 e. The van der Waals surface area contributed by atoms with Crippen molar-refractivity contribution < 1.29 is 19.4 Å². The number of allylic oxidation sites excluding steroid dienone is 1. The van der Waals surface area contributed by atoms with E-state index in [0.717, 1.165) is 5.56 Å². The first-order chi connectivity index (χ1) is 16.0. The topological polar surface area (TPSA) is 111 Å². The van der Waals surface area contributed by atoms with E-state index in [1.165, 1.54) is 0 Å². The van der Waals surface area contributed by atoms with Crippen LogP contribution in [-0.2, 0) is 11.2 Å². The Morgan fingerprint density at radius 1 is 1.24 bits per heavy atom. The molecule has 3 heterocycles. The zero-order valence-electron chi connectivity index (χ0n) is 17.8. The predicted octanol–water partition coefficient (Wildman–Crippen LogP) is 3.51. The first-order valence-corrected chi connectivity index (χ1v) is 10.9. The number of carbonyl (C=O) groups excluding carboxylic acids is 1. The summed E-state index contributed by atoms with van der Waals surface area (Å²) in [7, 11) is 0. The average Bonchev–Trinajstić information content (AvgIpc) is 3.44. The zero-order chi connectivity index (χ0) is 22.9. The fourth-order valence-electron chi connectivity index (χ4n) is 3.96. The number of aliphatic hydroxyl groups excluding tert-OH is 1. The molecular weight excluding hydrogens is 446 g/mol. The van der Waals surface area contributed by atoms with E-state index >= 15 is 0 Å². The summed E-state index contributed by atoms with van der Waals surface area (Å²) in [6.45, 7) is 2.04. The first kappa shape index (κ1) is 21.3. The van der Waals surface area contributed by atoms with Crippen LogP contribution in [0.15, 0.2) is 53.7 Å². The van der Waals surface area contributed by atoms with Gasteiger partial charge >= 0.3 is 0 Å². The highest BCUT2D eigenvalue weighted by Crippen LogP contribution is 2.40. The molecule has 1 atom stereocenters. The van der Waals surface area contributed by atoms with Crippen LogP contribution in [0.4, 0.5) is 11.6 Å². The van der Waals surface area contributed by atoms with Crippen molar-refractivity contribution in [2.75, 3.05) is 24.0 Å². The second kappa shape index (κ2) is 8.76. The Morgan fingerprint density at radius 2 is 2.03 bits per heavy atom. The molecule has 1 aromatic heterocycles. The average molecular weight is 468 g/mol. The Balaban J connectivity index is 1.56. The predicted molar refractivity (Wildman–Crippen MR) is 123 cm³/mol. The molecule has 170 valence electrons. The van der Waals surface area contributed by atoms with Crippen LogP contribution in [-0.4, -0.2) is 39.2 Å². The molecule has 33 heavy (non-hydrogen) atoms. The van der Waals surface area contributed by atoms with Gasteiger partial charge in [-0.3, -0.25) is 4.79 Å². The number of nitrogens with one attached hydrogen (secondary N) is 2. The molecule has 2 aliphatic heterocycles. The van der Waals surface area contributed by atoms with Gasteiger partial charge in [-0.2, -0.15) is 10.1 Å². The summed E-state index contributed by atoms with van der Waals surface area (Å²) in [6.07, 6.45) is 1.08. The van der Waals surface area contributed by atoms with Crippen LogP contribution in [0, 0.1) is 0 Å². The minimum absolute atomic E-state index is 0.0505. The first-order valence-electron chi connectivity index (χ1n) is 10.5. The highest BCUT2D eigenvalue weighted by Gasteiger charge is 2.35. The number of hydrogen-bond donors (Lipinski definition) is 3. The maximum atomic E-state index is 13.5. The van der Waals surface area contributed by atoms with Crippen molar-refractivity contribution in [3.63, 3.8) is 0 Å². The lowest BCUT2D eigenvalue weighted by Crippen LogP contribution is -2.31. The van der Waals surface area contributed by atoms with Crippen LogP contribution < -0.4 is 20.1 Å². The van der Waals surface area contributed by atoms with E-state index in [9.17, 15) is 9.90 Å². The third-order valence-electron chi connectivity index (χ3n) is 5.51. The number of fused-ring (bicyclic) bond motifs is 2. The number of halogens is 1. The van der Waals surface area contributed by atoms with Gasteiger partial charge < -0.3 is 25.2 Å². The van der Waals surface area contributed by atoms with Crippen molar-refractivity contribution >= 4 is 29.1 Å².